The van der Waals surface area contributed by atoms with Crippen molar-refractivity contribution in [1.29, 1.82) is 0 Å². The zero-order chi connectivity index (χ0) is 18.1. The van der Waals surface area contributed by atoms with E-state index in [1.165, 1.54) is 36.8 Å². The van der Waals surface area contributed by atoms with Crippen LogP contribution in [0, 0.1) is 11.3 Å². The summed E-state index contributed by atoms with van der Waals surface area (Å²) >= 11 is 0. The summed E-state index contributed by atoms with van der Waals surface area (Å²) < 4.78 is 0. The monoisotopic (exact) mass is 355 g/mol. The number of rotatable bonds is 6. The van der Waals surface area contributed by atoms with Crippen LogP contribution < -0.4 is 10.6 Å². The summed E-state index contributed by atoms with van der Waals surface area (Å²) in [5, 5.41) is 6.07. The van der Waals surface area contributed by atoms with Crippen LogP contribution in [0.5, 0.6) is 0 Å². The highest BCUT2D eigenvalue weighted by Gasteiger charge is 2.54. The van der Waals surface area contributed by atoms with Crippen LogP contribution >= 0.6 is 0 Å². The zero-order valence-corrected chi connectivity index (χ0v) is 15.6. The van der Waals surface area contributed by atoms with Gasteiger partial charge in [0, 0.05) is 24.7 Å². The minimum atomic E-state index is -0.139. The normalized spacial score (nSPS) is 21.4. The fourth-order valence-corrected chi connectivity index (χ4v) is 4.42. The summed E-state index contributed by atoms with van der Waals surface area (Å²) in [7, 11) is 0. The fourth-order valence-electron chi connectivity index (χ4n) is 4.42. The molecule has 1 unspecified atom stereocenters. The summed E-state index contributed by atoms with van der Waals surface area (Å²) in [6.45, 7) is 2.52. The van der Waals surface area contributed by atoms with Crippen LogP contribution in [0.2, 0.25) is 0 Å². The molecule has 2 fully saturated rings. The van der Waals surface area contributed by atoms with E-state index in [4.69, 9.17) is 0 Å². The largest absolute Gasteiger partial charge is 0.354 e. The molecule has 26 heavy (non-hydrogen) atoms. The Balaban J connectivity index is 1.28. The number of pyridine rings is 1. The van der Waals surface area contributed by atoms with Crippen molar-refractivity contribution in [3.05, 3.63) is 29.1 Å². The van der Waals surface area contributed by atoms with Gasteiger partial charge in [0.1, 0.15) is 5.69 Å². The molecule has 0 bridgehead atoms. The molecule has 2 amide bonds. The van der Waals surface area contributed by atoms with E-state index in [1.54, 1.807) is 0 Å². The van der Waals surface area contributed by atoms with Gasteiger partial charge in [-0.2, -0.15) is 0 Å². The Morgan fingerprint density at radius 2 is 1.96 bits per heavy atom. The van der Waals surface area contributed by atoms with Gasteiger partial charge in [-0.15, -0.1) is 0 Å². The average Bonchev–Trinajstić information content (AvgIpc) is 3.44. The highest BCUT2D eigenvalue weighted by molar-refractivity contribution is 5.92. The number of carbonyl (C=O) groups excluding carboxylic acids is 2. The second-order valence-electron chi connectivity index (χ2n) is 8.47. The van der Waals surface area contributed by atoms with Crippen molar-refractivity contribution in [3.8, 4) is 0 Å². The van der Waals surface area contributed by atoms with Crippen LogP contribution in [0.25, 0.3) is 0 Å². The Morgan fingerprint density at radius 3 is 2.65 bits per heavy atom. The van der Waals surface area contributed by atoms with Crippen molar-refractivity contribution in [2.75, 3.05) is 6.54 Å². The lowest BCUT2D eigenvalue weighted by atomic mass is 9.71. The van der Waals surface area contributed by atoms with E-state index in [1.807, 2.05) is 19.2 Å². The van der Waals surface area contributed by atoms with Crippen molar-refractivity contribution in [1.82, 2.24) is 15.6 Å². The van der Waals surface area contributed by atoms with Crippen LogP contribution in [-0.4, -0.2) is 29.4 Å². The summed E-state index contributed by atoms with van der Waals surface area (Å²) in [5.74, 6) is 0.204. The Morgan fingerprint density at radius 1 is 1.23 bits per heavy atom. The topological polar surface area (TPSA) is 71.1 Å². The third kappa shape index (κ3) is 3.62. The summed E-state index contributed by atoms with van der Waals surface area (Å²) in [5.41, 5.74) is 3.57. The van der Waals surface area contributed by atoms with Gasteiger partial charge in [0.25, 0.3) is 5.91 Å². The van der Waals surface area contributed by atoms with Crippen LogP contribution in [-0.2, 0) is 17.6 Å². The van der Waals surface area contributed by atoms with Gasteiger partial charge in [-0.05, 0) is 80.4 Å². The smallest absolute Gasteiger partial charge is 0.270 e. The molecule has 1 heterocycles. The molecule has 0 aliphatic heterocycles. The molecule has 2 saturated carbocycles. The Kier molecular flexibility index (Phi) is 4.72. The van der Waals surface area contributed by atoms with Gasteiger partial charge < -0.3 is 10.6 Å². The SMILES string of the molecule is CCC(CNC(=O)C1CC2(CC2)C1)NC(=O)c1cc2c(cn1)CCCC2. The molecule has 1 atom stereocenters. The van der Waals surface area contributed by atoms with Crippen molar-refractivity contribution < 1.29 is 9.59 Å². The van der Waals surface area contributed by atoms with Gasteiger partial charge in [0.2, 0.25) is 5.91 Å². The molecule has 5 heteroatoms. The number of nitrogens with one attached hydrogen (secondary N) is 2. The average molecular weight is 355 g/mol. The molecule has 140 valence electrons. The third-order valence-electron chi connectivity index (χ3n) is 6.50. The minimum Gasteiger partial charge on any atom is -0.354 e. The quantitative estimate of drug-likeness (QED) is 0.824. The second-order valence-corrected chi connectivity index (χ2v) is 8.47. The fraction of sp³-hybridized carbons (Fsp3) is 0.667. The zero-order valence-electron chi connectivity index (χ0n) is 15.6. The maximum absolute atomic E-state index is 12.6. The highest BCUT2D eigenvalue weighted by atomic mass is 16.2. The number of hydrogen-bond acceptors (Lipinski definition) is 3. The van der Waals surface area contributed by atoms with Gasteiger partial charge in [0.15, 0.2) is 0 Å². The molecule has 0 radical (unpaired) electrons. The lowest BCUT2D eigenvalue weighted by Crippen LogP contribution is -2.47. The standard InChI is InChI=1S/C21H29N3O2/c1-2-17(13-23-19(25)16-10-21(11-16)7-8-21)24-20(26)18-9-14-5-3-4-6-15(14)12-22-18/h9,12,16-17H,2-8,10-11,13H2,1H3,(H,23,25)(H,24,26). The number of aromatic nitrogens is 1. The first kappa shape index (κ1) is 17.5. The number of carbonyl (C=O) groups is 2. The molecule has 2 N–H and O–H groups in total. The molecule has 4 rings (SSSR count). The van der Waals surface area contributed by atoms with Crippen molar-refractivity contribution in [2.24, 2.45) is 11.3 Å². The van der Waals surface area contributed by atoms with E-state index in [0.29, 0.717) is 17.7 Å². The van der Waals surface area contributed by atoms with Crippen molar-refractivity contribution >= 4 is 11.8 Å². The number of fused-ring (bicyclic) bond motifs is 1. The molecule has 5 nitrogen and oxygen atoms in total. The Hall–Kier alpha value is -1.91. The van der Waals surface area contributed by atoms with E-state index in [2.05, 4.69) is 15.6 Å². The first-order chi connectivity index (χ1) is 12.6. The van der Waals surface area contributed by atoms with Crippen molar-refractivity contribution in [2.45, 2.75) is 70.8 Å². The van der Waals surface area contributed by atoms with E-state index in [-0.39, 0.29) is 23.8 Å². The van der Waals surface area contributed by atoms with Crippen LogP contribution in [0.15, 0.2) is 12.3 Å². The first-order valence-corrected chi connectivity index (χ1v) is 10.1. The second kappa shape index (κ2) is 7.01. The molecule has 0 aromatic carbocycles. The summed E-state index contributed by atoms with van der Waals surface area (Å²) in [6.07, 6.45) is 11.9. The maximum Gasteiger partial charge on any atom is 0.270 e. The molecule has 3 aliphatic carbocycles. The van der Waals surface area contributed by atoms with Gasteiger partial charge in [-0.3, -0.25) is 14.6 Å². The van der Waals surface area contributed by atoms with Crippen LogP contribution in [0.3, 0.4) is 0 Å². The Bertz CT molecular complexity index is 703. The summed E-state index contributed by atoms with van der Waals surface area (Å²) in [4.78, 5) is 29.1. The van der Waals surface area contributed by atoms with E-state index >= 15 is 0 Å². The molecule has 1 aromatic heterocycles. The molecule has 1 aromatic rings. The summed E-state index contributed by atoms with van der Waals surface area (Å²) in [6, 6.07) is 1.89. The highest BCUT2D eigenvalue weighted by Crippen LogP contribution is 2.63. The van der Waals surface area contributed by atoms with Crippen LogP contribution in [0.4, 0.5) is 0 Å². The van der Waals surface area contributed by atoms with E-state index < -0.39 is 0 Å². The van der Waals surface area contributed by atoms with Gasteiger partial charge in [-0.25, -0.2) is 0 Å². The van der Waals surface area contributed by atoms with Gasteiger partial charge in [-0.1, -0.05) is 6.92 Å². The van der Waals surface area contributed by atoms with E-state index in [9.17, 15) is 9.59 Å². The molecular formula is C21H29N3O2. The Labute approximate surface area is 155 Å². The number of amides is 2. The lowest BCUT2D eigenvalue weighted by Gasteiger charge is -2.34. The van der Waals surface area contributed by atoms with Crippen molar-refractivity contribution in [3.63, 3.8) is 0 Å². The predicted molar refractivity (Wildman–Crippen MR) is 99.8 cm³/mol. The first-order valence-electron chi connectivity index (χ1n) is 10.1. The number of aryl methyl sites for hydroxylation is 2. The number of hydrogen-bond donors (Lipinski definition) is 2. The van der Waals surface area contributed by atoms with Gasteiger partial charge in [0.05, 0.1) is 0 Å². The molecule has 3 aliphatic rings. The number of nitrogens with zero attached hydrogens (tertiary/aromatic N) is 1. The third-order valence-corrected chi connectivity index (χ3v) is 6.50. The van der Waals surface area contributed by atoms with Crippen LogP contribution in [0.1, 0.15) is 73.5 Å². The minimum absolute atomic E-state index is 0.0563. The molecule has 1 spiro atoms. The van der Waals surface area contributed by atoms with Gasteiger partial charge >= 0.3 is 0 Å². The predicted octanol–water partition coefficient (Wildman–Crippen LogP) is 2.78. The molecular weight excluding hydrogens is 326 g/mol. The lowest BCUT2D eigenvalue weighted by molar-refractivity contribution is -0.129. The molecule has 0 saturated heterocycles. The maximum atomic E-state index is 12.6. The van der Waals surface area contributed by atoms with E-state index in [0.717, 1.165) is 32.1 Å².